The molecule has 1 aromatic heterocycles. The third kappa shape index (κ3) is 3.79. The third-order valence-corrected chi connectivity index (χ3v) is 7.25. The Bertz CT molecular complexity index is 1540. The SMILES string of the molecule is COc1cccc([C@H]2C(=C(O)c3ccc(C)cc3)C(=O)C(=O)N2c2nc3ccc(C)cc3s2)c1OC. The lowest BCUT2D eigenvalue weighted by atomic mass is 9.94. The number of carbonyl (C=O) groups is 2. The maximum absolute atomic E-state index is 13.5. The van der Waals surface area contributed by atoms with Crippen LogP contribution in [-0.4, -0.2) is 36.0 Å². The standard InChI is InChI=1S/C28H24N2O5S/c1-15-8-11-17(12-9-15)24(31)22-23(18-6-5-7-20(34-3)26(18)35-4)30(27(33)25(22)32)28-29-19-13-10-16(2)14-21(19)36-28/h5-14,23,31H,1-4H3/t23-/m0/s1. The lowest BCUT2D eigenvalue weighted by Crippen LogP contribution is -2.29. The zero-order valence-corrected chi connectivity index (χ0v) is 21.1. The Labute approximate surface area is 212 Å². The van der Waals surface area contributed by atoms with E-state index in [1.807, 2.05) is 44.2 Å². The van der Waals surface area contributed by atoms with Crippen LogP contribution in [0.2, 0.25) is 0 Å². The number of hydrogen-bond acceptors (Lipinski definition) is 7. The predicted octanol–water partition coefficient (Wildman–Crippen LogP) is 5.56. The Morgan fingerprint density at radius 1 is 0.972 bits per heavy atom. The highest BCUT2D eigenvalue weighted by Gasteiger charge is 2.49. The third-order valence-electron chi connectivity index (χ3n) is 6.24. The average molecular weight is 501 g/mol. The predicted molar refractivity (Wildman–Crippen MR) is 140 cm³/mol. The molecular weight excluding hydrogens is 476 g/mol. The summed E-state index contributed by atoms with van der Waals surface area (Å²) in [6, 6.07) is 17.2. The van der Waals surface area contributed by atoms with Gasteiger partial charge in [0.2, 0.25) is 0 Å². The highest BCUT2D eigenvalue weighted by molar-refractivity contribution is 7.22. The van der Waals surface area contributed by atoms with Gasteiger partial charge in [0.1, 0.15) is 11.8 Å². The molecule has 2 heterocycles. The Morgan fingerprint density at radius 3 is 2.39 bits per heavy atom. The number of aliphatic hydroxyl groups excluding tert-OH is 1. The van der Waals surface area contributed by atoms with Crippen molar-refractivity contribution < 1.29 is 24.2 Å². The number of ketones is 1. The van der Waals surface area contributed by atoms with Crippen molar-refractivity contribution in [2.75, 3.05) is 19.1 Å². The summed E-state index contributed by atoms with van der Waals surface area (Å²) < 4.78 is 12.0. The summed E-state index contributed by atoms with van der Waals surface area (Å²) in [7, 11) is 3.01. The van der Waals surface area contributed by atoms with E-state index in [1.165, 1.54) is 30.5 Å². The summed E-state index contributed by atoms with van der Waals surface area (Å²) in [4.78, 5) is 33.0. The molecule has 1 aliphatic rings. The van der Waals surface area contributed by atoms with Crippen molar-refractivity contribution in [3.63, 3.8) is 0 Å². The van der Waals surface area contributed by atoms with Crippen molar-refractivity contribution >= 4 is 44.1 Å². The van der Waals surface area contributed by atoms with Gasteiger partial charge in [-0.25, -0.2) is 4.98 Å². The van der Waals surface area contributed by atoms with Crippen molar-refractivity contribution in [1.29, 1.82) is 0 Å². The van der Waals surface area contributed by atoms with Gasteiger partial charge in [-0.05, 0) is 37.6 Å². The molecule has 8 heteroatoms. The van der Waals surface area contributed by atoms with Gasteiger partial charge in [-0.1, -0.05) is 59.4 Å². The quantitative estimate of drug-likeness (QED) is 0.219. The number of nitrogens with zero attached hydrogens (tertiary/aromatic N) is 2. The molecule has 0 saturated carbocycles. The number of methoxy groups -OCH3 is 2. The fraction of sp³-hybridized carbons (Fsp3) is 0.179. The number of aromatic nitrogens is 1. The number of carbonyl (C=O) groups excluding carboxylic acids is 2. The average Bonchev–Trinajstić information content (AvgIpc) is 3.40. The highest BCUT2D eigenvalue weighted by atomic mass is 32.1. The lowest BCUT2D eigenvalue weighted by Gasteiger charge is -2.25. The largest absolute Gasteiger partial charge is 0.507 e. The van der Waals surface area contributed by atoms with Crippen LogP contribution in [-0.2, 0) is 9.59 Å². The Morgan fingerprint density at radius 2 is 1.69 bits per heavy atom. The summed E-state index contributed by atoms with van der Waals surface area (Å²) in [5.74, 6) is -1.02. The van der Waals surface area contributed by atoms with Gasteiger partial charge in [0, 0.05) is 11.1 Å². The van der Waals surface area contributed by atoms with Gasteiger partial charge in [-0.2, -0.15) is 0 Å². The number of para-hydroxylation sites is 1. The van der Waals surface area contributed by atoms with Crippen LogP contribution in [0.15, 0.2) is 66.2 Å². The van der Waals surface area contributed by atoms with Gasteiger partial charge in [-0.15, -0.1) is 0 Å². The topological polar surface area (TPSA) is 89.0 Å². The molecule has 1 fully saturated rings. The summed E-state index contributed by atoms with van der Waals surface area (Å²) in [6.45, 7) is 3.91. The number of Topliss-reactive ketones (excluding diaryl/α,β-unsaturated/α-hetero) is 1. The van der Waals surface area contributed by atoms with Crippen LogP contribution in [0.3, 0.4) is 0 Å². The highest BCUT2D eigenvalue weighted by Crippen LogP contribution is 2.48. The smallest absolute Gasteiger partial charge is 0.301 e. The Hall–Kier alpha value is -4.17. The van der Waals surface area contributed by atoms with Gasteiger partial charge in [-0.3, -0.25) is 14.5 Å². The second kappa shape index (κ2) is 9.13. The number of amides is 1. The minimum absolute atomic E-state index is 0.0363. The van der Waals surface area contributed by atoms with E-state index in [-0.39, 0.29) is 11.3 Å². The fourth-order valence-corrected chi connectivity index (χ4v) is 5.53. The number of hydrogen-bond donors (Lipinski definition) is 1. The molecule has 7 nitrogen and oxygen atoms in total. The molecule has 0 spiro atoms. The van der Waals surface area contributed by atoms with Crippen LogP contribution in [0.4, 0.5) is 5.13 Å². The summed E-state index contributed by atoms with van der Waals surface area (Å²) in [6.07, 6.45) is 0. The minimum Gasteiger partial charge on any atom is -0.507 e. The van der Waals surface area contributed by atoms with E-state index in [1.54, 1.807) is 30.3 Å². The minimum atomic E-state index is -0.974. The molecule has 1 aliphatic heterocycles. The van der Waals surface area contributed by atoms with Crippen molar-refractivity contribution in [3.8, 4) is 11.5 Å². The molecular formula is C28H24N2O5S. The van der Waals surface area contributed by atoms with E-state index in [0.717, 1.165) is 21.3 Å². The maximum atomic E-state index is 13.5. The van der Waals surface area contributed by atoms with Crippen LogP contribution in [0.1, 0.15) is 28.3 Å². The van der Waals surface area contributed by atoms with Gasteiger partial charge >= 0.3 is 5.91 Å². The second-order valence-electron chi connectivity index (χ2n) is 8.59. The van der Waals surface area contributed by atoms with Crippen molar-refractivity contribution in [2.45, 2.75) is 19.9 Å². The van der Waals surface area contributed by atoms with E-state index in [2.05, 4.69) is 4.98 Å². The van der Waals surface area contributed by atoms with Crippen molar-refractivity contribution in [3.05, 3.63) is 88.5 Å². The van der Waals surface area contributed by atoms with Crippen LogP contribution in [0.5, 0.6) is 11.5 Å². The number of aryl methyl sites for hydroxylation is 2. The first-order valence-corrected chi connectivity index (χ1v) is 12.1. The first-order chi connectivity index (χ1) is 17.3. The zero-order chi connectivity index (χ0) is 25.6. The molecule has 182 valence electrons. The van der Waals surface area contributed by atoms with Crippen LogP contribution >= 0.6 is 11.3 Å². The molecule has 36 heavy (non-hydrogen) atoms. The van der Waals surface area contributed by atoms with Crippen molar-refractivity contribution in [1.82, 2.24) is 4.98 Å². The van der Waals surface area contributed by atoms with Crippen LogP contribution in [0.25, 0.3) is 16.0 Å². The Balaban J connectivity index is 1.79. The normalized spacial score (nSPS) is 17.1. The molecule has 0 radical (unpaired) electrons. The molecule has 0 unspecified atom stereocenters. The molecule has 1 atom stereocenters. The van der Waals surface area contributed by atoms with Crippen molar-refractivity contribution in [2.24, 2.45) is 0 Å². The van der Waals surface area contributed by atoms with E-state index >= 15 is 0 Å². The van der Waals surface area contributed by atoms with Gasteiger partial charge < -0.3 is 14.6 Å². The molecule has 3 aromatic carbocycles. The maximum Gasteiger partial charge on any atom is 0.301 e. The van der Waals surface area contributed by atoms with Crippen LogP contribution in [0, 0.1) is 13.8 Å². The Kier molecular flexibility index (Phi) is 5.97. The molecule has 0 aliphatic carbocycles. The zero-order valence-electron chi connectivity index (χ0n) is 20.2. The van der Waals surface area contributed by atoms with E-state index < -0.39 is 17.7 Å². The first-order valence-electron chi connectivity index (χ1n) is 11.3. The number of fused-ring (bicyclic) bond motifs is 1. The molecule has 1 amide bonds. The number of rotatable bonds is 5. The van der Waals surface area contributed by atoms with Gasteiger partial charge in [0.05, 0.1) is 30.0 Å². The number of anilines is 1. The molecule has 1 saturated heterocycles. The molecule has 0 bridgehead atoms. The second-order valence-corrected chi connectivity index (χ2v) is 9.59. The van der Waals surface area contributed by atoms with Gasteiger partial charge in [0.15, 0.2) is 16.6 Å². The molecule has 5 rings (SSSR count). The van der Waals surface area contributed by atoms with Gasteiger partial charge in [0.25, 0.3) is 5.78 Å². The monoisotopic (exact) mass is 500 g/mol. The molecule has 1 N–H and O–H groups in total. The van der Waals surface area contributed by atoms with E-state index in [9.17, 15) is 14.7 Å². The number of ether oxygens (including phenoxy) is 2. The van der Waals surface area contributed by atoms with E-state index in [4.69, 9.17) is 9.47 Å². The summed E-state index contributed by atoms with van der Waals surface area (Å²) in [5.41, 5.74) is 3.68. The summed E-state index contributed by atoms with van der Waals surface area (Å²) >= 11 is 1.31. The first kappa shape index (κ1) is 23.6. The number of benzene rings is 3. The van der Waals surface area contributed by atoms with E-state index in [0.29, 0.717) is 27.8 Å². The van der Waals surface area contributed by atoms with Crippen LogP contribution < -0.4 is 14.4 Å². The number of aliphatic hydroxyl groups is 1. The molecule has 4 aromatic rings. The summed E-state index contributed by atoms with van der Waals surface area (Å²) in [5, 5.41) is 11.7. The lowest BCUT2D eigenvalue weighted by molar-refractivity contribution is -0.132. The number of thiazole rings is 1. The fourth-order valence-electron chi connectivity index (χ4n) is 4.44.